The van der Waals surface area contributed by atoms with Crippen LogP contribution in [0.4, 0.5) is 0 Å². The number of rotatable bonds is 8. The molecule has 436 valence electrons. The summed E-state index contributed by atoms with van der Waals surface area (Å²) in [5.41, 5.74) is 21.9. The van der Waals surface area contributed by atoms with Crippen molar-refractivity contribution in [1.82, 2.24) is 28.2 Å². The van der Waals surface area contributed by atoms with E-state index in [2.05, 4.69) is 346 Å². The summed E-state index contributed by atoms with van der Waals surface area (Å²) in [6, 6.07) is 120. The maximum atomic E-state index is 5.81. The predicted octanol–water partition coefficient (Wildman–Crippen LogP) is 23.0. The Morgan fingerprint density at radius 1 is 0.202 bits per heavy atom. The number of aromatic nitrogens is 6. The average Bonchev–Trinajstić information content (AvgIpc) is 1.47. The van der Waals surface area contributed by atoms with Gasteiger partial charge in [-0.1, -0.05) is 206 Å². The highest BCUT2D eigenvalue weighted by molar-refractivity contribution is 6.17. The van der Waals surface area contributed by atoms with Crippen LogP contribution in [0, 0.1) is 0 Å². The summed E-state index contributed by atoms with van der Waals surface area (Å²) in [4.78, 5) is 11.4. The molecule has 0 N–H and O–H groups in total. The van der Waals surface area contributed by atoms with Crippen molar-refractivity contribution in [1.29, 1.82) is 0 Å². The second-order valence-corrected chi connectivity index (χ2v) is 24.9. The van der Waals surface area contributed by atoms with Gasteiger partial charge in [0.25, 0.3) is 0 Å². The number of hydrogen-bond acceptors (Lipinski definition) is 2. The summed E-state index contributed by atoms with van der Waals surface area (Å²) in [6.07, 6.45) is 0. The van der Waals surface area contributed by atoms with E-state index in [0.29, 0.717) is 5.82 Å². The fraction of sp³-hybridized carbons (Fsp3) is 0. The van der Waals surface area contributed by atoms with Crippen LogP contribution in [-0.2, 0) is 0 Å². The highest BCUT2D eigenvalue weighted by Gasteiger charge is 2.23. The molecule has 0 aliphatic rings. The van der Waals surface area contributed by atoms with Crippen molar-refractivity contribution in [2.75, 3.05) is 0 Å². The minimum atomic E-state index is 0.646. The van der Waals surface area contributed by atoms with Crippen LogP contribution >= 0.6 is 0 Å². The molecule has 0 unspecified atom stereocenters. The second kappa shape index (κ2) is 20.4. The van der Waals surface area contributed by atoms with Crippen LogP contribution in [0.25, 0.3) is 187 Å². The highest BCUT2D eigenvalue weighted by Crippen LogP contribution is 2.44. The topological polar surface area (TPSA) is 45.5 Å². The average molecular weight is 1200 g/mol. The van der Waals surface area contributed by atoms with Crippen LogP contribution in [0.1, 0.15) is 0 Å². The van der Waals surface area contributed by atoms with Crippen LogP contribution in [0.3, 0.4) is 0 Å². The van der Waals surface area contributed by atoms with Gasteiger partial charge in [0.15, 0.2) is 5.82 Å². The number of hydrogen-bond donors (Lipinski definition) is 0. The Kier molecular flexibility index (Phi) is 11.3. The zero-order chi connectivity index (χ0) is 61.5. The van der Waals surface area contributed by atoms with Gasteiger partial charge in [-0.2, -0.15) is 0 Å². The molecule has 0 aliphatic heterocycles. The minimum absolute atomic E-state index is 0.646. The van der Waals surface area contributed by atoms with E-state index in [0.717, 1.165) is 105 Å². The summed E-state index contributed by atoms with van der Waals surface area (Å²) in [5.74, 6) is 0.646. The van der Waals surface area contributed by atoms with Gasteiger partial charge in [-0.15, -0.1) is 0 Å². The number of fused-ring (bicyclic) bond motifs is 16. The Morgan fingerprint density at radius 3 is 1.00 bits per heavy atom. The van der Waals surface area contributed by atoms with E-state index in [9.17, 15) is 0 Å². The van der Waals surface area contributed by atoms with E-state index in [-0.39, 0.29) is 0 Å². The van der Waals surface area contributed by atoms with Gasteiger partial charge in [0, 0.05) is 82.4 Å². The molecule has 0 saturated heterocycles. The summed E-state index contributed by atoms with van der Waals surface area (Å²) in [5, 5.41) is 15.2. The van der Waals surface area contributed by atoms with E-state index >= 15 is 0 Å². The Balaban J connectivity index is 0.812. The number of para-hydroxylation sites is 6. The molecule has 0 amide bonds. The maximum Gasteiger partial charge on any atom is 0.160 e. The third-order valence-corrected chi connectivity index (χ3v) is 19.7. The largest absolute Gasteiger partial charge is 0.309 e. The lowest BCUT2D eigenvalue weighted by Gasteiger charge is -2.17. The first-order valence-corrected chi connectivity index (χ1v) is 32.2. The van der Waals surface area contributed by atoms with Crippen molar-refractivity contribution < 1.29 is 0 Å². The molecule has 0 fully saturated rings. The molecular weight excluding hydrogens is 1140 g/mol. The smallest absolute Gasteiger partial charge is 0.160 e. The predicted molar refractivity (Wildman–Crippen MR) is 394 cm³/mol. The summed E-state index contributed by atoms with van der Waals surface area (Å²) in [7, 11) is 0. The Morgan fingerprint density at radius 2 is 0.553 bits per heavy atom. The van der Waals surface area contributed by atoms with Crippen LogP contribution in [-0.4, -0.2) is 28.2 Å². The van der Waals surface area contributed by atoms with E-state index in [1.807, 2.05) is 0 Å². The fourth-order valence-corrected chi connectivity index (χ4v) is 15.5. The van der Waals surface area contributed by atoms with Gasteiger partial charge in [-0.3, -0.25) is 0 Å². The molecule has 15 aromatic carbocycles. The van der Waals surface area contributed by atoms with Crippen LogP contribution in [0.5, 0.6) is 0 Å². The molecule has 5 heterocycles. The molecule has 0 bridgehead atoms. The lowest BCUT2D eigenvalue weighted by molar-refractivity contribution is 1.13. The quantitative estimate of drug-likeness (QED) is 0.142. The molecule has 94 heavy (non-hydrogen) atoms. The summed E-state index contributed by atoms with van der Waals surface area (Å²) >= 11 is 0. The van der Waals surface area contributed by atoms with Crippen molar-refractivity contribution in [3.63, 3.8) is 0 Å². The van der Waals surface area contributed by atoms with Gasteiger partial charge in [0.1, 0.15) is 0 Å². The van der Waals surface area contributed by atoms with E-state index < -0.39 is 0 Å². The first-order valence-electron chi connectivity index (χ1n) is 32.2. The van der Waals surface area contributed by atoms with E-state index in [4.69, 9.17) is 9.97 Å². The normalized spacial score (nSPS) is 12.0. The molecule has 6 nitrogen and oxygen atoms in total. The fourth-order valence-electron chi connectivity index (χ4n) is 15.5. The SMILES string of the molecule is c1ccc(-n2c3ccccc3c3cc(-c4ccc5c(c4)c4ccccc4n5-c4cc(-c5nc(-c6cccc7ccccc67)c6c(ccc7ccccc76)n5)cc(-n5c6ccccc6c6cc(-c7ccc8c(c7)c7ccccc7n8-c7ccccc7)ccc65)c4)ccc32)cc1. The first kappa shape index (κ1) is 52.2. The summed E-state index contributed by atoms with van der Waals surface area (Å²) in [6.45, 7) is 0. The van der Waals surface area contributed by atoms with Crippen molar-refractivity contribution in [2.45, 2.75) is 0 Å². The van der Waals surface area contributed by atoms with Crippen LogP contribution < -0.4 is 0 Å². The monoisotopic (exact) mass is 1190 g/mol. The maximum absolute atomic E-state index is 5.81. The molecule has 0 saturated carbocycles. The van der Waals surface area contributed by atoms with Crippen molar-refractivity contribution in [2.24, 2.45) is 0 Å². The summed E-state index contributed by atoms with van der Waals surface area (Å²) < 4.78 is 9.67. The van der Waals surface area contributed by atoms with Crippen molar-refractivity contribution >= 4 is 120 Å². The third-order valence-electron chi connectivity index (χ3n) is 19.7. The van der Waals surface area contributed by atoms with Gasteiger partial charge >= 0.3 is 0 Å². The number of benzene rings is 15. The molecule has 20 rings (SSSR count). The standard InChI is InChI=1S/C88H54N6/c1-3-23-62(24-4-1)91-78-34-15-11-29-68(78)73-50-57(39-44-82(73)91)59-41-46-84-75(52-59)70-31-13-17-36-80(70)93(84)64-48-61(88-89-77-43-38-56-21-8-10-28-67(56)86(77)87(90-88)72-33-19-22-55-20-7-9-27-66(55)72)49-65(54-64)94-81-37-18-14-32-71(81)76-53-60(42-47-85(76)94)58-40-45-83-74(51-58)69-30-12-16-35-79(69)92(83)63-25-5-2-6-26-63/h1-54H. The van der Waals surface area contributed by atoms with Crippen LogP contribution in [0.2, 0.25) is 0 Å². The van der Waals surface area contributed by atoms with E-state index in [1.165, 1.54) is 76.3 Å². The van der Waals surface area contributed by atoms with E-state index in [1.54, 1.807) is 0 Å². The van der Waals surface area contributed by atoms with Gasteiger partial charge in [-0.05, 0) is 165 Å². The number of nitrogens with zero attached hydrogens (tertiary/aromatic N) is 6. The first-order chi connectivity index (χ1) is 46.6. The molecule has 20 aromatic rings. The van der Waals surface area contributed by atoms with Gasteiger partial charge in [0.2, 0.25) is 0 Å². The molecule has 0 radical (unpaired) electrons. The Bertz CT molecular complexity index is 6240. The van der Waals surface area contributed by atoms with Gasteiger partial charge in [0.05, 0.1) is 55.3 Å². The van der Waals surface area contributed by atoms with Gasteiger partial charge < -0.3 is 18.3 Å². The molecular formula is C88H54N6. The molecule has 0 spiro atoms. The Labute approximate surface area is 540 Å². The molecule has 5 aromatic heterocycles. The lowest BCUT2D eigenvalue weighted by atomic mass is 9.96. The second-order valence-electron chi connectivity index (χ2n) is 24.9. The lowest BCUT2D eigenvalue weighted by Crippen LogP contribution is -2.02. The molecule has 0 atom stereocenters. The zero-order valence-electron chi connectivity index (χ0n) is 50.9. The molecule has 6 heteroatoms. The minimum Gasteiger partial charge on any atom is -0.309 e. The highest BCUT2D eigenvalue weighted by atomic mass is 15.0. The Hall–Kier alpha value is -12.6. The van der Waals surface area contributed by atoms with Crippen LogP contribution in [0.15, 0.2) is 328 Å². The van der Waals surface area contributed by atoms with Crippen molar-refractivity contribution in [3.8, 4) is 67.6 Å². The molecule has 0 aliphatic carbocycles. The zero-order valence-corrected chi connectivity index (χ0v) is 50.9. The van der Waals surface area contributed by atoms with Crippen molar-refractivity contribution in [3.05, 3.63) is 328 Å². The van der Waals surface area contributed by atoms with Gasteiger partial charge in [-0.25, -0.2) is 9.97 Å². The third kappa shape index (κ3) is 7.90.